The topological polar surface area (TPSA) is 49.4 Å². The maximum absolute atomic E-state index is 11.7. The standard InChI is InChI=1S/C11H24N2O2S/c1-3-5-10-16(14,15)12-11-6-8-13(4-2)9-7-11/h11-12H,3-10H2,1-2H3. The Hall–Kier alpha value is -0.130. The predicted molar refractivity (Wildman–Crippen MR) is 67.0 cm³/mol. The van der Waals surface area contributed by atoms with Crippen molar-refractivity contribution in [2.45, 2.75) is 45.6 Å². The molecular formula is C11H24N2O2S. The van der Waals surface area contributed by atoms with Gasteiger partial charge in [0.2, 0.25) is 10.0 Å². The summed E-state index contributed by atoms with van der Waals surface area (Å²) < 4.78 is 26.2. The zero-order chi connectivity index (χ0) is 12.0. The molecule has 1 rings (SSSR count). The van der Waals surface area contributed by atoms with E-state index in [1.54, 1.807) is 0 Å². The maximum Gasteiger partial charge on any atom is 0.211 e. The van der Waals surface area contributed by atoms with Crippen molar-refractivity contribution in [2.75, 3.05) is 25.4 Å². The molecular weight excluding hydrogens is 224 g/mol. The van der Waals surface area contributed by atoms with Crippen LogP contribution < -0.4 is 4.72 Å². The first-order chi connectivity index (χ1) is 7.57. The SMILES string of the molecule is CCCCS(=O)(=O)NC1CCN(CC)CC1. The molecule has 1 heterocycles. The third-order valence-corrected chi connectivity index (χ3v) is 4.67. The molecule has 0 atom stereocenters. The largest absolute Gasteiger partial charge is 0.303 e. The van der Waals surface area contributed by atoms with E-state index in [4.69, 9.17) is 0 Å². The van der Waals surface area contributed by atoms with Gasteiger partial charge in [-0.15, -0.1) is 0 Å². The van der Waals surface area contributed by atoms with Crippen LogP contribution in [0.25, 0.3) is 0 Å². The highest BCUT2D eigenvalue weighted by molar-refractivity contribution is 7.89. The summed E-state index contributed by atoms with van der Waals surface area (Å²) in [4.78, 5) is 2.36. The Morgan fingerprint density at radius 1 is 1.25 bits per heavy atom. The molecule has 0 aliphatic carbocycles. The molecule has 96 valence electrons. The van der Waals surface area contributed by atoms with Gasteiger partial charge >= 0.3 is 0 Å². The van der Waals surface area contributed by atoms with Crippen LogP contribution in [0.2, 0.25) is 0 Å². The van der Waals surface area contributed by atoms with Crippen LogP contribution in [0, 0.1) is 0 Å². The minimum atomic E-state index is -3.04. The molecule has 4 nitrogen and oxygen atoms in total. The van der Waals surface area contributed by atoms with Crippen LogP contribution in [0.1, 0.15) is 39.5 Å². The van der Waals surface area contributed by atoms with Crippen LogP contribution in [0.15, 0.2) is 0 Å². The highest BCUT2D eigenvalue weighted by Gasteiger charge is 2.22. The van der Waals surface area contributed by atoms with E-state index in [-0.39, 0.29) is 11.8 Å². The first-order valence-corrected chi connectivity index (χ1v) is 7.95. The fraction of sp³-hybridized carbons (Fsp3) is 1.00. The van der Waals surface area contributed by atoms with E-state index < -0.39 is 10.0 Å². The Bertz CT molecular complexity index is 282. The summed E-state index contributed by atoms with van der Waals surface area (Å²) in [5.41, 5.74) is 0. The first-order valence-electron chi connectivity index (χ1n) is 6.29. The summed E-state index contributed by atoms with van der Waals surface area (Å²) in [5.74, 6) is 0.275. The second-order valence-corrected chi connectivity index (χ2v) is 6.37. The van der Waals surface area contributed by atoms with Gasteiger partial charge in [-0.25, -0.2) is 13.1 Å². The van der Waals surface area contributed by atoms with Crippen LogP contribution >= 0.6 is 0 Å². The van der Waals surface area contributed by atoms with Gasteiger partial charge in [-0.1, -0.05) is 20.3 Å². The summed E-state index contributed by atoms with van der Waals surface area (Å²) in [6.07, 6.45) is 3.57. The molecule has 1 saturated heterocycles. The lowest BCUT2D eigenvalue weighted by Crippen LogP contribution is -2.45. The third-order valence-electron chi connectivity index (χ3n) is 3.15. The normalized spacial score (nSPS) is 20.1. The van der Waals surface area contributed by atoms with E-state index in [0.29, 0.717) is 0 Å². The molecule has 16 heavy (non-hydrogen) atoms. The number of nitrogens with one attached hydrogen (secondary N) is 1. The Morgan fingerprint density at radius 3 is 2.38 bits per heavy atom. The highest BCUT2D eigenvalue weighted by Crippen LogP contribution is 2.11. The van der Waals surface area contributed by atoms with Gasteiger partial charge in [-0.05, 0) is 38.9 Å². The van der Waals surface area contributed by atoms with Gasteiger partial charge in [-0.3, -0.25) is 0 Å². The molecule has 5 heteroatoms. The van der Waals surface area contributed by atoms with Gasteiger partial charge in [0.25, 0.3) is 0 Å². The van der Waals surface area contributed by atoms with Crippen molar-refractivity contribution >= 4 is 10.0 Å². The van der Waals surface area contributed by atoms with Gasteiger partial charge in [0.15, 0.2) is 0 Å². The quantitative estimate of drug-likeness (QED) is 0.768. The summed E-state index contributed by atoms with van der Waals surface area (Å²) in [5, 5.41) is 0. The second-order valence-electron chi connectivity index (χ2n) is 4.50. The fourth-order valence-electron chi connectivity index (χ4n) is 2.01. The van der Waals surface area contributed by atoms with Crippen molar-refractivity contribution < 1.29 is 8.42 Å². The van der Waals surface area contributed by atoms with E-state index in [1.165, 1.54) is 0 Å². The Morgan fingerprint density at radius 2 is 1.88 bits per heavy atom. The van der Waals surface area contributed by atoms with Gasteiger partial charge in [0, 0.05) is 6.04 Å². The molecule has 0 aromatic carbocycles. The number of rotatable bonds is 6. The van der Waals surface area contributed by atoms with E-state index in [9.17, 15) is 8.42 Å². The first kappa shape index (κ1) is 13.9. The highest BCUT2D eigenvalue weighted by atomic mass is 32.2. The van der Waals surface area contributed by atoms with Crippen LogP contribution in [-0.4, -0.2) is 44.7 Å². The summed E-state index contributed by atoms with van der Waals surface area (Å²) in [7, 11) is -3.04. The molecule has 0 spiro atoms. The number of nitrogens with zero attached hydrogens (tertiary/aromatic N) is 1. The molecule has 1 fully saturated rings. The van der Waals surface area contributed by atoms with E-state index in [2.05, 4.69) is 16.5 Å². The van der Waals surface area contributed by atoms with E-state index in [0.717, 1.165) is 45.3 Å². The van der Waals surface area contributed by atoms with Gasteiger partial charge in [0.1, 0.15) is 0 Å². The third kappa shape index (κ3) is 4.80. The zero-order valence-corrected chi connectivity index (χ0v) is 11.2. The van der Waals surface area contributed by atoms with E-state index in [1.807, 2.05) is 6.92 Å². The Kier molecular flexibility index (Phi) is 5.72. The Balaban J connectivity index is 2.32. The average Bonchev–Trinajstić information content (AvgIpc) is 2.27. The molecule has 0 bridgehead atoms. The minimum Gasteiger partial charge on any atom is -0.303 e. The van der Waals surface area contributed by atoms with Crippen molar-refractivity contribution in [3.63, 3.8) is 0 Å². The number of likely N-dealkylation sites (tertiary alicyclic amines) is 1. The smallest absolute Gasteiger partial charge is 0.211 e. The predicted octanol–water partition coefficient (Wildman–Crippen LogP) is 1.19. The second kappa shape index (κ2) is 6.57. The lowest BCUT2D eigenvalue weighted by atomic mass is 10.1. The summed E-state index contributed by atoms with van der Waals surface area (Å²) >= 11 is 0. The number of unbranched alkanes of at least 4 members (excludes halogenated alkanes) is 1. The maximum atomic E-state index is 11.7. The minimum absolute atomic E-state index is 0.157. The van der Waals surface area contributed by atoms with Crippen LogP contribution in [0.4, 0.5) is 0 Å². The lowest BCUT2D eigenvalue weighted by Gasteiger charge is -2.31. The van der Waals surface area contributed by atoms with Gasteiger partial charge < -0.3 is 4.90 Å². The van der Waals surface area contributed by atoms with Crippen molar-refractivity contribution in [3.8, 4) is 0 Å². The molecule has 0 radical (unpaired) electrons. The van der Waals surface area contributed by atoms with Crippen LogP contribution in [-0.2, 0) is 10.0 Å². The molecule has 0 aromatic rings. The number of sulfonamides is 1. The van der Waals surface area contributed by atoms with Crippen LogP contribution in [0.3, 0.4) is 0 Å². The van der Waals surface area contributed by atoms with E-state index >= 15 is 0 Å². The molecule has 0 unspecified atom stereocenters. The van der Waals surface area contributed by atoms with Crippen molar-refractivity contribution in [2.24, 2.45) is 0 Å². The number of hydrogen-bond acceptors (Lipinski definition) is 3. The van der Waals surface area contributed by atoms with Crippen molar-refractivity contribution in [3.05, 3.63) is 0 Å². The van der Waals surface area contributed by atoms with Crippen molar-refractivity contribution in [1.82, 2.24) is 9.62 Å². The molecule has 0 saturated carbocycles. The fourth-order valence-corrected chi connectivity index (χ4v) is 3.54. The Labute approximate surface area is 99.5 Å². The van der Waals surface area contributed by atoms with Gasteiger partial charge in [0.05, 0.1) is 5.75 Å². The molecule has 0 aromatic heterocycles. The zero-order valence-electron chi connectivity index (χ0n) is 10.4. The molecule has 1 aliphatic heterocycles. The number of piperidine rings is 1. The molecule has 0 amide bonds. The summed E-state index contributed by atoms with van der Waals surface area (Å²) in [6, 6.07) is 0.157. The monoisotopic (exact) mass is 248 g/mol. The molecule has 1 aliphatic rings. The number of hydrogen-bond donors (Lipinski definition) is 1. The van der Waals surface area contributed by atoms with Crippen molar-refractivity contribution in [1.29, 1.82) is 0 Å². The molecule has 1 N–H and O–H groups in total. The summed E-state index contributed by atoms with van der Waals surface area (Å²) in [6.45, 7) is 7.24. The average molecular weight is 248 g/mol. The van der Waals surface area contributed by atoms with Gasteiger partial charge in [-0.2, -0.15) is 0 Å². The lowest BCUT2D eigenvalue weighted by molar-refractivity contribution is 0.217. The van der Waals surface area contributed by atoms with Crippen LogP contribution in [0.5, 0.6) is 0 Å².